The van der Waals surface area contributed by atoms with Gasteiger partial charge >= 0.3 is 0 Å². The van der Waals surface area contributed by atoms with Crippen LogP contribution in [0, 0.1) is 11.3 Å². The van der Waals surface area contributed by atoms with Gasteiger partial charge in [0, 0.05) is 5.97 Å². The van der Waals surface area contributed by atoms with Gasteiger partial charge in [0.2, 0.25) is 5.91 Å². The summed E-state index contributed by atoms with van der Waals surface area (Å²) in [5.41, 5.74) is 8.15. The second-order valence-corrected chi connectivity index (χ2v) is 5.06. The lowest BCUT2D eigenvalue weighted by molar-refractivity contribution is -0.384. The largest absolute Gasteiger partial charge is 0.550 e. The van der Waals surface area contributed by atoms with Crippen molar-refractivity contribution in [3.8, 4) is 0 Å². The van der Waals surface area contributed by atoms with Crippen LogP contribution < -0.4 is 16.6 Å². The van der Waals surface area contributed by atoms with Gasteiger partial charge in [-0.05, 0) is 32.6 Å². The molecule has 0 aromatic rings. The first-order valence-electron chi connectivity index (χ1n) is 6.52. The maximum Gasteiger partial charge on any atom is 0.228 e. The van der Waals surface area contributed by atoms with E-state index >= 15 is 0 Å². The number of rotatable bonds is 7. The molecular formula is C13H28N2O3. The van der Waals surface area contributed by atoms with Gasteiger partial charge in [-0.3, -0.25) is 4.79 Å². The van der Waals surface area contributed by atoms with Crippen LogP contribution in [0.3, 0.4) is 0 Å². The number of aliphatic carboxylic acids is 1. The normalized spacial score (nSPS) is 12.3. The van der Waals surface area contributed by atoms with Gasteiger partial charge < -0.3 is 21.4 Å². The molecule has 0 heterocycles. The number of carboxylic acid groups (broad SMARTS) is 1. The third-order valence-corrected chi connectivity index (χ3v) is 3.02. The number of carbonyl (C=O) groups excluding carboxylic acids is 2. The number of carbonyl (C=O) groups is 2. The highest BCUT2D eigenvalue weighted by atomic mass is 16.4. The predicted octanol–water partition coefficient (Wildman–Crippen LogP) is -0.307. The molecule has 0 aliphatic rings. The van der Waals surface area contributed by atoms with E-state index in [0.29, 0.717) is 13.0 Å². The maximum atomic E-state index is 10.4. The van der Waals surface area contributed by atoms with Crippen LogP contribution in [0.15, 0.2) is 0 Å². The second kappa shape index (κ2) is 9.88. The van der Waals surface area contributed by atoms with E-state index < -0.39 is 11.4 Å². The summed E-state index contributed by atoms with van der Waals surface area (Å²) < 4.78 is 0. The summed E-state index contributed by atoms with van der Waals surface area (Å²) in [6.07, 6.45) is 3.52. The van der Waals surface area contributed by atoms with Crippen LogP contribution in [0.4, 0.5) is 0 Å². The summed E-state index contributed by atoms with van der Waals surface area (Å²) in [6, 6.07) is 0. The fraction of sp³-hybridized carbons (Fsp3) is 0.846. The van der Waals surface area contributed by atoms with Gasteiger partial charge in [-0.25, -0.2) is 0 Å². The van der Waals surface area contributed by atoms with E-state index in [2.05, 4.69) is 12.7 Å². The molecule has 5 heteroatoms. The smallest absolute Gasteiger partial charge is 0.228 e. The zero-order chi connectivity index (χ0) is 14.8. The highest BCUT2D eigenvalue weighted by molar-refractivity contribution is 5.79. The number of amides is 1. The van der Waals surface area contributed by atoms with Gasteiger partial charge in [-0.2, -0.15) is 0 Å². The van der Waals surface area contributed by atoms with E-state index in [4.69, 9.17) is 5.73 Å². The Balaban J connectivity index is 0. The maximum absolute atomic E-state index is 10.4. The molecule has 5 N–H and O–H groups in total. The Labute approximate surface area is 110 Å². The van der Waals surface area contributed by atoms with E-state index in [1.807, 2.05) is 6.92 Å². The molecule has 1 amide bonds. The molecule has 0 bridgehead atoms. The monoisotopic (exact) mass is 260 g/mol. The molecule has 0 aliphatic carbocycles. The predicted molar refractivity (Wildman–Crippen MR) is 69.0 cm³/mol. The first kappa shape index (κ1) is 19.2. The summed E-state index contributed by atoms with van der Waals surface area (Å²) in [5.74, 6) is -1.40. The summed E-state index contributed by atoms with van der Waals surface area (Å²) in [4.78, 5) is 20.8. The Morgan fingerprint density at radius 3 is 2.00 bits per heavy atom. The average Bonchev–Trinajstić information content (AvgIpc) is 2.30. The summed E-state index contributed by atoms with van der Waals surface area (Å²) in [5, 5.41) is 10.3. The van der Waals surface area contributed by atoms with Crippen molar-refractivity contribution < 1.29 is 20.4 Å². The topological polar surface area (TPSA) is 111 Å². The molecule has 0 saturated heterocycles. The lowest BCUT2D eigenvalue weighted by Crippen LogP contribution is -2.59. The van der Waals surface area contributed by atoms with E-state index in [1.54, 1.807) is 13.8 Å². The molecule has 0 fully saturated rings. The Morgan fingerprint density at radius 1 is 1.33 bits per heavy atom. The van der Waals surface area contributed by atoms with Crippen molar-refractivity contribution in [1.82, 2.24) is 0 Å². The SMILES string of the molecule is CC(C)(C[NH3+])C(N)=O.CCCC[C@H](CC)C(=O)[O-]. The zero-order valence-corrected chi connectivity index (χ0v) is 12.1. The highest BCUT2D eigenvalue weighted by Crippen LogP contribution is 2.10. The summed E-state index contributed by atoms with van der Waals surface area (Å²) >= 11 is 0. The minimum atomic E-state index is -0.893. The molecule has 0 radical (unpaired) electrons. The van der Waals surface area contributed by atoms with Crippen LogP contribution in [-0.4, -0.2) is 18.4 Å². The van der Waals surface area contributed by atoms with Crippen LogP contribution in [0.1, 0.15) is 53.4 Å². The molecular weight excluding hydrogens is 232 g/mol. The van der Waals surface area contributed by atoms with Crippen LogP contribution in [-0.2, 0) is 9.59 Å². The van der Waals surface area contributed by atoms with E-state index in [-0.39, 0.29) is 11.8 Å². The van der Waals surface area contributed by atoms with E-state index in [1.165, 1.54) is 0 Å². The van der Waals surface area contributed by atoms with Crippen molar-refractivity contribution in [3.05, 3.63) is 0 Å². The van der Waals surface area contributed by atoms with Gasteiger partial charge in [-0.1, -0.05) is 26.7 Å². The summed E-state index contributed by atoms with van der Waals surface area (Å²) in [7, 11) is 0. The second-order valence-electron chi connectivity index (χ2n) is 5.06. The molecule has 0 rings (SSSR count). The Morgan fingerprint density at radius 2 is 1.83 bits per heavy atom. The van der Waals surface area contributed by atoms with Crippen LogP contribution >= 0.6 is 0 Å². The van der Waals surface area contributed by atoms with Gasteiger partial charge in [0.25, 0.3) is 0 Å². The quantitative estimate of drug-likeness (QED) is 0.655. The van der Waals surface area contributed by atoms with Crippen molar-refractivity contribution in [2.24, 2.45) is 17.1 Å². The number of carboxylic acids is 1. The Kier molecular flexibility index (Phi) is 10.6. The van der Waals surface area contributed by atoms with E-state index in [0.717, 1.165) is 19.3 Å². The number of unbranched alkanes of at least 4 members (excludes halogenated alkanes) is 1. The third kappa shape index (κ3) is 8.98. The number of hydrogen-bond acceptors (Lipinski definition) is 3. The fourth-order valence-corrected chi connectivity index (χ4v) is 1.06. The first-order valence-corrected chi connectivity index (χ1v) is 6.52. The Bertz CT molecular complexity index is 253. The molecule has 0 unspecified atom stereocenters. The van der Waals surface area contributed by atoms with Crippen molar-refractivity contribution in [3.63, 3.8) is 0 Å². The van der Waals surface area contributed by atoms with Crippen molar-refractivity contribution in [2.75, 3.05) is 6.54 Å². The highest BCUT2D eigenvalue weighted by Gasteiger charge is 2.24. The van der Waals surface area contributed by atoms with Crippen molar-refractivity contribution in [2.45, 2.75) is 53.4 Å². The first-order chi connectivity index (χ1) is 8.22. The van der Waals surface area contributed by atoms with Crippen molar-refractivity contribution >= 4 is 11.9 Å². The summed E-state index contributed by atoms with van der Waals surface area (Å²) in [6.45, 7) is 8.06. The molecule has 1 atom stereocenters. The zero-order valence-electron chi connectivity index (χ0n) is 12.1. The molecule has 0 aromatic heterocycles. The molecule has 0 aliphatic heterocycles. The van der Waals surface area contributed by atoms with E-state index in [9.17, 15) is 14.7 Å². The number of nitrogens with two attached hydrogens (primary N) is 1. The Hall–Kier alpha value is -1.10. The lowest BCUT2D eigenvalue weighted by Gasteiger charge is -2.14. The van der Waals surface area contributed by atoms with Gasteiger partial charge in [-0.15, -0.1) is 0 Å². The van der Waals surface area contributed by atoms with Crippen LogP contribution in [0.5, 0.6) is 0 Å². The van der Waals surface area contributed by atoms with Crippen molar-refractivity contribution in [1.29, 1.82) is 0 Å². The van der Waals surface area contributed by atoms with Gasteiger partial charge in [0.15, 0.2) is 0 Å². The fourth-order valence-electron chi connectivity index (χ4n) is 1.06. The average molecular weight is 260 g/mol. The minimum Gasteiger partial charge on any atom is -0.550 e. The molecule has 18 heavy (non-hydrogen) atoms. The van der Waals surface area contributed by atoms with Gasteiger partial charge in [0.1, 0.15) is 0 Å². The molecule has 5 nitrogen and oxygen atoms in total. The van der Waals surface area contributed by atoms with Crippen LogP contribution in [0.2, 0.25) is 0 Å². The number of hydrogen-bond donors (Lipinski definition) is 2. The van der Waals surface area contributed by atoms with Gasteiger partial charge in [0.05, 0.1) is 12.0 Å². The minimum absolute atomic E-state index is 0.222. The lowest BCUT2D eigenvalue weighted by atomic mass is 9.93. The van der Waals surface area contributed by atoms with Crippen LogP contribution in [0.25, 0.3) is 0 Å². The molecule has 0 aromatic carbocycles. The number of primary amides is 1. The molecule has 108 valence electrons. The number of quaternary nitrogens is 1. The molecule has 0 saturated carbocycles. The standard InChI is InChI=1S/C8H16O2.C5H12N2O/c1-3-5-6-7(4-2)8(9)10;1-5(2,3-6)4(7)8/h7H,3-6H2,1-2H3,(H,9,10);3,6H2,1-2H3,(H2,7,8)/t7-;/m0./s1. The molecule has 0 spiro atoms. The third-order valence-electron chi connectivity index (χ3n) is 3.02.